The lowest BCUT2D eigenvalue weighted by atomic mass is 10.1. The fourth-order valence-corrected chi connectivity index (χ4v) is 2.77. The molecule has 0 spiro atoms. The van der Waals surface area contributed by atoms with Gasteiger partial charge in [-0.1, -0.05) is 42.5 Å². The van der Waals surface area contributed by atoms with E-state index in [9.17, 15) is 0 Å². The average molecular weight is 271 g/mol. The van der Waals surface area contributed by atoms with E-state index in [4.69, 9.17) is 0 Å². The fourth-order valence-electron chi connectivity index (χ4n) is 2.77. The molecule has 0 aliphatic carbocycles. The van der Waals surface area contributed by atoms with Crippen LogP contribution in [0.4, 0.5) is 0 Å². The van der Waals surface area contributed by atoms with Crippen LogP contribution in [0.25, 0.3) is 21.7 Å². The number of fused-ring (bicyclic) bond motifs is 2. The molecule has 0 radical (unpaired) electrons. The maximum Gasteiger partial charge on any atom is 0.176 e. The van der Waals surface area contributed by atoms with Crippen molar-refractivity contribution < 1.29 is 4.57 Å². The van der Waals surface area contributed by atoms with Crippen molar-refractivity contribution in [2.75, 3.05) is 0 Å². The number of rotatable bonds is 2. The molecule has 0 saturated carbocycles. The van der Waals surface area contributed by atoms with Gasteiger partial charge in [0.25, 0.3) is 0 Å². The highest BCUT2D eigenvalue weighted by Gasteiger charge is 2.08. The number of para-hydroxylation sites is 1. The van der Waals surface area contributed by atoms with Gasteiger partial charge in [-0.3, -0.25) is 4.98 Å². The van der Waals surface area contributed by atoms with E-state index in [-0.39, 0.29) is 0 Å². The second kappa shape index (κ2) is 4.98. The zero-order chi connectivity index (χ0) is 14.1. The van der Waals surface area contributed by atoms with Crippen LogP contribution in [0.1, 0.15) is 5.56 Å². The molecule has 4 rings (SSSR count). The summed E-state index contributed by atoms with van der Waals surface area (Å²) in [6.45, 7) is 0.833. The van der Waals surface area contributed by atoms with Crippen LogP contribution in [0, 0.1) is 0 Å². The Hall–Kier alpha value is -2.74. The van der Waals surface area contributed by atoms with E-state index >= 15 is 0 Å². The molecule has 0 N–H and O–H groups in total. The first-order valence-corrected chi connectivity index (χ1v) is 7.11. The van der Waals surface area contributed by atoms with E-state index < -0.39 is 0 Å². The van der Waals surface area contributed by atoms with E-state index in [2.05, 4.69) is 76.5 Å². The van der Waals surface area contributed by atoms with Crippen LogP contribution in [-0.2, 0) is 6.54 Å². The molecule has 0 aliphatic rings. The summed E-state index contributed by atoms with van der Waals surface area (Å²) in [6, 6.07) is 21.0. The number of pyridine rings is 2. The largest absolute Gasteiger partial charge is 0.256 e. The van der Waals surface area contributed by atoms with Crippen LogP contribution in [0.2, 0.25) is 0 Å². The SMILES string of the molecule is c1ccc2c[n+](Cc3cccc4cccnc34)ccc2c1. The van der Waals surface area contributed by atoms with E-state index in [0.29, 0.717) is 0 Å². The van der Waals surface area contributed by atoms with Gasteiger partial charge in [0, 0.05) is 28.6 Å². The molecule has 21 heavy (non-hydrogen) atoms. The molecule has 2 aromatic carbocycles. The van der Waals surface area contributed by atoms with Crippen LogP contribution >= 0.6 is 0 Å². The molecule has 0 aliphatic heterocycles. The maximum atomic E-state index is 4.53. The lowest BCUT2D eigenvalue weighted by molar-refractivity contribution is -0.686. The Balaban J connectivity index is 1.79. The first-order chi connectivity index (χ1) is 10.4. The van der Waals surface area contributed by atoms with E-state index in [0.717, 1.165) is 12.1 Å². The van der Waals surface area contributed by atoms with Gasteiger partial charge < -0.3 is 0 Å². The minimum atomic E-state index is 0.833. The standard InChI is InChI=1S/C19H15N2/c1-2-6-17-13-21(12-10-15(17)5-1)14-18-8-3-7-16-9-4-11-20-19(16)18/h1-13H,14H2/q+1. The molecule has 2 heterocycles. The Morgan fingerprint density at radius 2 is 1.57 bits per heavy atom. The van der Waals surface area contributed by atoms with Gasteiger partial charge in [-0.25, -0.2) is 4.57 Å². The Morgan fingerprint density at radius 3 is 2.52 bits per heavy atom. The zero-order valence-electron chi connectivity index (χ0n) is 11.6. The Bertz CT molecular complexity index is 923. The highest BCUT2D eigenvalue weighted by molar-refractivity contribution is 5.82. The summed E-state index contributed by atoms with van der Waals surface area (Å²) in [6.07, 6.45) is 6.18. The lowest BCUT2D eigenvalue weighted by Gasteiger charge is -2.03. The summed E-state index contributed by atoms with van der Waals surface area (Å²) in [7, 11) is 0. The first kappa shape index (κ1) is 12.0. The molecule has 0 bridgehead atoms. The maximum absolute atomic E-state index is 4.53. The quantitative estimate of drug-likeness (QED) is 0.508. The normalized spacial score (nSPS) is 11.0. The van der Waals surface area contributed by atoms with E-state index in [1.54, 1.807) is 0 Å². The molecule has 100 valence electrons. The van der Waals surface area contributed by atoms with Gasteiger partial charge >= 0.3 is 0 Å². The van der Waals surface area contributed by atoms with E-state index in [1.165, 1.54) is 21.7 Å². The smallest absolute Gasteiger partial charge is 0.176 e. The van der Waals surface area contributed by atoms with Gasteiger partial charge in [0.05, 0.1) is 5.52 Å². The molecule has 0 saturated heterocycles. The van der Waals surface area contributed by atoms with Crippen molar-refractivity contribution in [3.63, 3.8) is 0 Å². The molecule has 2 nitrogen and oxygen atoms in total. The lowest BCUT2D eigenvalue weighted by Crippen LogP contribution is -2.33. The summed E-state index contributed by atoms with van der Waals surface area (Å²) in [5.41, 5.74) is 2.33. The second-order valence-corrected chi connectivity index (χ2v) is 5.24. The molecule has 0 fully saturated rings. The number of aromatic nitrogens is 2. The molecular weight excluding hydrogens is 256 g/mol. The number of hydrogen-bond donors (Lipinski definition) is 0. The first-order valence-electron chi connectivity index (χ1n) is 7.11. The third-order valence-electron chi connectivity index (χ3n) is 3.82. The minimum absolute atomic E-state index is 0.833. The molecular formula is C19H15N2+. The van der Waals surface area contributed by atoms with E-state index in [1.807, 2.05) is 12.3 Å². The van der Waals surface area contributed by atoms with Gasteiger partial charge in [-0.05, 0) is 17.5 Å². The molecule has 2 heteroatoms. The number of benzene rings is 2. The predicted octanol–water partition coefficient (Wildman–Crippen LogP) is 3.72. The highest BCUT2D eigenvalue weighted by atomic mass is 14.9. The van der Waals surface area contributed by atoms with Gasteiger partial charge in [-0.2, -0.15) is 0 Å². The monoisotopic (exact) mass is 271 g/mol. The van der Waals surface area contributed by atoms with Crippen molar-refractivity contribution >= 4 is 21.7 Å². The third-order valence-corrected chi connectivity index (χ3v) is 3.82. The number of hydrogen-bond acceptors (Lipinski definition) is 1. The Kier molecular flexibility index (Phi) is 2.86. The summed E-state index contributed by atoms with van der Waals surface area (Å²) in [5.74, 6) is 0. The van der Waals surface area contributed by atoms with Crippen molar-refractivity contribution in [1.82, 2.24) is 4.98 Å². The van der Waals surface area contributed by atoms with Gasteiger partial charge in [0.1, 0.15) is 0 Å². The topological polar surface area (TPSA) is 16.8 Å². The van der Waals surface area contributed by atoms with Crippen LogP contribution in [0.3, 0.4) is 0 Å². The van der Waals surface area contributed by atoms with Gasteiger partial charge in [0.15, 0.2) is 18.9 Å². The summed E-state index contributed by atoms with van der Waals surface area (Å²) < 4.78 is 2.21. The summed E-state index contributed by atoms with van der Waals surface area (Å²) in [5, 5.41) is 3.72. The van der Waals surface area contributed by atoms with Crippen molar-refractivity contribution in [2.24, 2.45) is 0 Å². The predicted molar refractivity (Wildman–Crippen MR) is 85.0 cm³/mol. The van der Waals surface area contributed by atoms with Crippen LogP contribution in [-0.4, -0.2) is 4.98 Å². The molecule has 0 unspecified atom stereocenters. The fraction of sp³-hybridized carbons (Fsp3) is 0.0526. The van der Waals surface area contributed by atoms with Crippen molar-refractivity contribution in [3.8, 4) is 0 Å². The molecule has 2 aromatic heterocycles. The minimum Gasteiger partial charge on any atom is -0.256 e. The summed E-state index contributed by atoms with van der Waals surface area (Å²) in [4.78, 5) is 4.53. The molecule has 4 aromatic rings. The zero-order valence-corrected chi connectivity index (χ0v) is 11.6. The Labute approximate surface area is 123 Å². The average Bonchev–Trinajstić information content (AvgIpc) is 2.55. The van der Waals surface area contributed by atoms with Gasteiger partial charge in [0.2, 0.25) is 0 Å². The van der Waals surface area contributed by atoms with Crippen molar-refractivity contribution in [1.29, 1.82) is 0 Å². The Morgan fingerprint density at radius 1 is 0.762 bits per heavy atom. The second-order valence-electron chi connectivity index (χ2n) is 5.24. The van der Waals surface area contributed by atoms with Crippen molar-refractivity contribution in [3.05, 3.63) is 84.8 Å². The number of nitrogens with zero attached hydrogens (tertiary/aromatic N) is 2. The van der Waals surface area contributed by atoms with Crippen molar-refractivity contribution in [2.45, 2.75) is 6.54 Å². The van der Waals surface area contributed by atoms with Crippen LogP contribution in [0.15, 0.2) is 79.3 Å². The van der Waals surface area contributed by atoms with Crippen LogP contribution in [0.5, 0.6) is 0 Å². The molecule has 0 atom stereocenters. The summed E-state index contributed by atoms with van der Waals surface area (Å²) >= 11 is 0. The highest BCUT2D eigenvalue weighted by Crippen LogP contribution is 2.16. The molecule has 0 amide bonds. The van der Waals surface area contributed by atoms with Gasteiger partial charge in [-0.15, -0.1) is 0 Å². The van der Waals surface area contributed by atoms with Crippen LogP contribution < -0.4 is 4.57 Å². The third kappa shape index (κ3) is 2.25.